The van der Waals surface area contributed by atoms with Crippen LogP contribution in [-0.4, -0.2) is 12.7 Å². The molecule has 0 fully saturated rings. The van der Waals surface area contributed by atoms with E-state index in [1.165, 1.54) is 12.1 Å². The lowest BCUT2D eigenvalue weighted by molar-refractivity contribution is 0.160. The van der Waals surface area contributed by atoms with Gasteiger partial charge in [-0.2, -0.15) is 0 Å². The summed E-state index contributed by atoms with van der Waals surface area (Å²) in [6, 6.07) is 12.8. The standard InChI is InChI=1S/C16H17FN2O3/c1-2-21-16(20)19(18)14-6-8-15(9-7-14)22-11-12-4-3-5-13(17)10-12/h3-10H,2,11,18H2,1H3. The molecule has 5 nitrogen and oxygen atoms in total. The van der Waals surface area contributed by atoms with E-state index >= 15 is 0 Å². The van der Waals surface area contributed by atoms with Crippen molar-refractivity contribution in [2.45, 2.75) is 13.5 Å². The van der Waals surface area contributed by atoms with Gasteiger partial charge in [0.1, 0.15) is 18.2 Å². The maximum absolute atomic E-state index is 13.1. The van der Waals surface area contributed by atoms with Gasteiger partial charge < -0.3 is 9.47 Å². The molecular formula is C16H17FN2O3. The number of halogens is 1. The van der Waals surface area contributed by atoms with Gasteiger partial charge >= 0.3 is 6.09 Å². The largest absolute Gasteiger partial charge is 0.489 e. The molecule has 0 unspecified atom stereocenters. The number of hydrogen-bond acceptors (Lipinski definition) is 4. The summed E-state index contributed by atoms with van der Waals surface area (Å²) in [5.41, 5.74) is 1.22. The topological polar surface area (TPSA) is 64.8 Å². The fourth-order valence-corrected chi connectivity index (χ4v) is 1.79. The zero-order valence-corrected chi connectivity index (χ0v) is 12.2. The highest BCUT2D eigenvalue weighted by molar-refractivity contribution is 5.86. The second-order valence-electron chi connectivity index (χ2n) is 4.48. The van der Waals surface area contributed by atoms with Gasteiger partial charge in [-0.05, 0) is 48.9 Å². The molecule has 0 aliphatic heterocycles. The van der Waals surface area contributed by atoms with E-state index in [1.807, 2.05) is 0 Å². The van der Waals surface area contributed by atoms with Gasteiger partial charge in [-0.1, -0.05) is 12.1 Å². The van der Waals surface area contributed by atoms with Gasteiger partial charge in [0.2, 0.25) is 0 Å². The molecule has 0 heterocycles. The molecule has 6 heteroatoms. The van der Waals surface area contributed by atoms with E-state index in [0.29, 0.717) is 11.4 Å². The molecule has 0 aliphatic carbocycles. The Hall–Kier alpha value is -2.60. The summed E-state index contributed by atoms with van der Waals surface area (Å²) in [5.74, 6) is 5.92. The third kappa shape index (κ3) is 4.20. The van der Waals surface area contributed by atoms with Crippen LogP contribution in [0.4, 0.5) is 14.9 Å². The first-order chi connectivity index (χ1) is 10.6. The number of hydrazine groups is 1. The Balaban J connectivity index is 1.95. The van der Waals surface area contributed by atoms with Gasteiger partial charge in [-0.3, -0.25) is 0 Å². The Morgan fingerprint density at radius 3 is 2.59 bits per heavy atom. The summed E-state index contributed by atoms with van der Waals surface area (Å²) in [6.45, 7) is 2.21. The molecular weight excluding hydrogens is 287 g/mol. The van der Waals surface area contributed by atoms with E-state index in [2.05, 4.69) is 0 Å². The summed E-state index contributed by atoms with van der Waals surface area (Å²) >= 11 is 0. The van der Waals surface area contributed by atoms with Crippen LogP contribution in [0.25, 0.3) is 0 Å². The molecule has 0 radical (unpaired) electrons. The number of carbonyl (C=O) groups is 1. The lowest BCUT2D eigenvalue weighted by Gasteiger charge is -2.16. The number of benzene rings is 2. The number of rotatable bonds is 5. The lowest BCUT2D eigenvalue weighted by Crippen LogP contribution is -2.37. The molecule has 0 saturated carbocycles. The number of ether oxygens (including phenoxy) is 2. The summed E-state index contributed by atoms with van der Waals surface area (Å²) < 4.78 is 23.4. The zero-order valence-electron chi connectivity index (χ0n) is 12.2. The monoisotopic (exact) mass is 304 g/mol. The molecule has 0 aromatic heterocycles. The molecule has 1 amide bonds. The number of nitrogens with two attached hydrogens (primary N) is 1. The molecule has 22 heavy (non-hydrogen) atoms. The van der Waals surface area contributed by atoms with Gasteiger partial charge in [-0.25, -0.2) is 20.0 Å². The van der Waals surface area contributed by atoms with Crippen LogP contribution in [-0.2, 0) is 11.3 Å². The van der Waals surface area contributed by atoms with E-state index in [0.717, 1.165) is 10.6 Å². The highest BCUT2D eigenvalue weighted by atomic mass is 19.1. The van der Waals surface area contributed by atoms with Crippen molar-refractivity contribution in [3.63, 3.8) is 0 Å². The average molecular weight is 304 g/mol. The maximum Gasteiger partial charge on any atom is 0.428 e. The van der Waals surface area contributed by atoms with Crippen LogP contribution >= 0.6 is 0 Å². The first kappa shape index (κ1) is 15.8. The van der Waals surface area contributed by atoms with Crippen molar-refractivity contribution in [2.75, 3.05) is 11.6 Å². The Bertz CT molecular complexity index is 632. The average Bonchev–Trinajstić information content (AvgIpc) is 2.53. The molecule has 116 valence electrons. The normalized spacial score (nSPS) is 10.1. The smallest absolute Gasteiger partial charge is 0.428 e. The fourth-order valence-electron chi connectivity index (χ4n) is 1.79. The summed E-state index contributed by atoms with van der Waals surface area (Å²) in [4.78, 5) is 11.5. The first-order valence-electron chi connectivity index (χ1n) is 6.79. The van der Waals surface area contributed by atoms with Gasteiger partial charge in [0.05, 0.1) is 12.3 Å². The van der Waals surface area contributed by atoms with Crippen molar-refractivity contribution in [3.8, 4) is 5.75 Å². The van der Waals surface area contributed by atoms with Crippen molar-refractivity contribution in [1.29, 1.82) is 0 Å². The third-order valence-electron chi connectivity index (χ3n) is 2.87. The molecule has 2 aromatic carbocycles. The van der Waals surface area contributed by atoms with Crippen LogP contribution in [0.3, 0.4) is 0 Å². The van der Waals surface area contributed by atoms with E-state index in [9.17, 15) is 9.18 Å². The number of nitrogens with zero attached hydrogens (tertiary/aromatic N) is 1. The van der Waals surface area contributed by atoms with Crippen LogP contribution in [0, 0.1) is 5.82 Å². The molecule has 2 N–H and O–H groups in total. The van der Waals surface area contributed by atoms with Crippen molar-refractivity contribution in [2.24, 2.45) is 5.84 Å². The zero-order chi connectivity index (χ0) is 15.9. The number of hydrogen-bond donors (Lipinski definition) is 1. The lowest BCUT2D eigenvalue weighted by atomic mass is 10.2. The van der Waals surface area contributed by atoms with E-state index < -0.39 is 6.09 Å². The van der Waals surface area contributed by atoms with Crippen LogP contribution in [0.2, 0.25) is 0 Å². The number of amides is 1. The SMILES string of the molecule is CCOC(=O)N(N)c1ccc(OCc2cccc(F)c2)cc1. The van der Waals surface area contributed by atoms with E-state index in [1.54, 1.807) is 43.3 Å². The van der Waals surface area contributed by atoms with Crippen LogP contribution in [0.5, 0.6) is 5.75 Å². The molecule has 2 rings (SSSR count). The van der Waals surface area contributed by atoms with Crippen molar-refractivity contribution < 1.29 is 18.7 Å². The van der Waals surface area contributed by atoms with Crippen LogP contribution in [0.1, 0.15) is 12.5 Å². The van der Waals surface area contributed by atoms with Gasteiger partial charge in [0.25, 0.3) is 0 Å². The highest BCUT2D eigenvalue weighted by Gasteiger charge is 2.12. The Kier molecular flexibility index (Phi) is 5.32. The second-order valence-corrected chi connectivity index (χ2v) is 4.48. The Morgan fingerprint density at radius 2 is 1.95 bits per heavy atom. The van der Waals surface area contributed by atoms with E-state index in [4.69, 9.17) is 15.3 Å². The Morgan fingerprint density at radius 1 is 1.23 bits per heavy atom. The quantitative estimate of drug-likeness (QED) is 0.523. The number of anilines is 1. The summed E-state index contributed by atoms with van der Waals surface area (Å²) in [7, 11) is 0. The van der Waals surface area contributed by atoms with E-state index in [-0.39, 0.29) is 19.0 Å². The third-order valence-corrected chi connectivity index (χ3v) is 2.87. The summed E-state index contributed by atoms with van der Waals surface area (Å²) in [5, 5.41) is 0.917. The molecule has 0 spiro atoms. The van der Waals surface area contributed by atoms with Crippen LogP contribution < -0.4 is 15.6 Å². The minimum Gasteiger partial charge on any atom is -0.489 e. The van der Waals surface area contributed by atoms with Gasteiger partial charge in [-0.15, -0.1) is 0 Å². The first-order valence-corrected chi connectivity index (χ1v) is 6.79. The Labute approximate surface area is 128 Å². The van der Waals surface area contributed by atoms with Crippen LogP contribution in [0.15, 0.2) is 48.5 Å². The maximum atomic E-state index is 13.1. The minimum atomic E-state index is -0.629. The molecule has 0 aliphatic rings. The van der Waals surface area contributed by atoms with Gasteiger partial charge in [0.15, 0.2) is 0 Å². The molecule has 0 saturated heterocycles. The predicted molar refractivity (Wildman–Crippen MR) is 80.9 cm³/mol. The molecule has 0 bridgehead atoms. The molecule has 0 atom stereocenters. The van der Waals surface area contributed by atoms with Gasteiger partial charge in [0, 0.05) is 0 Å². The van der Waals surface area contributed by atoms with Crippen molar-refractivity contribution in [1.82, 2.24) is 0 Å². The highest BCUT2D eigenvalue weighted by Crippen LogP contribution is 2.19. The molecule has 2 aromatic rings. The second kappa shape index (κ2) is 7.42. The van der Waals surface area contributed by atoms with Crippen molar-refractivity contribution in [3.05, 3.63) is 59.9 Å². The fraction of sp³-hybridized carbons (Fsp3) is 0.188. The number of carbonyl (C=O) groups excluding carboxylic acids is 1. The predicted octanol–water partition coefficient (Wildman–Crippen LogP) is 3.24. The van der Waals surface area contributed by atoms with Crippen molar-refractivity contribution >= 4 is 11.8 Å². The summed E-state index contributed by atoms with van der Waals surface area (Å²) in [6.07, 6.45) is -0.629. The minimum absolute atomic E-state index is 0.251.